The smallest absolute Gasteiger partial charge is 0.326 e. The molecule has 0 unspecified atom stereocenters. The minimum Gasteiger partial charge on any atom is -0.480 e. The fourth-order valence-corrected chi connectivity index (χ4v) is 2.00. The standard InChI is InChI=1S/C15H18N4O3/c1-10(2)6-13(15(21)22)18-14(20)11-7-17-19(9-11)12-4-3-5-16-8-12/h3-5,7-10,13H,6H2,1-2H3,(H,18,20)(H,21,22)/t13-/m0/s1. The highest BCUT2D eigenvalue weighted by molar-refractivity contribution is 5.96. The zero-order chi connectivity index (χ0) is 16.1. The van der Waals surface area contributed by atoms with Crippen LogP contribution in [0.3, 0.4) is 0 Å². The molecule has 0 spiro atoms. The van der Waals surface area contributed by atoms with Gasteiger partial charge in [-0.3, -0.25) is 9.78 Å². The summed E-state index contributed by atoms with van der Waals surface area (Å²) >= 11 is 0. The SMILES string of the molecule is CC(C)C[C@H](NC(=O)c1cnn(-c2cccnc2)c1)C(=O)O. The predicted octanol–water partition coefficient (Wildman–Crippen LogP) is 1.50. The van der Waals surface area contributed by atoms with E-state index >= 15 is 0 Å². The van der Waals surface area contributed by atoms with E-state index in [1.165, 1.54) is 10.9 Å². The maximum Gasteiger partial charge on any atom is 0.326 e. The summed E-state index contributed by atoms with van der Waals surface area (Å²) < 4.78 is 1.51. The first-order valence-corrected chi connectivity index (χ1v) is 6.96. The first kappa shape index (κ1) is 15.7. The van der Waals surface area contributed by atoms with Crippen LogP contribution in [0.5, 0.6) is 0 Å². The van der Waals surface area contributed by atoms with Crippen molar-refractivity contribution in [2.75, 3.05) is 0 Å². The molecule has 7 nitrogen and oxygen atoms in total. The van der Waals surface area contributed by atoms with E-state index in [-0.39, 0.29) is 5.92 Å². The fraction of sp³-hybridized carbons (Fsp3) is 0.333. The Labute approximate surface area is 128 Å². The molecule has 2 N–H and O–H groups in total. The third-order valence-electron chi connectivity index (χ3n) is 3.07. The summed E-state index contributed by atoms with van der Waals surface area (Å²) in [5.74, 6) is -1.33. The van der Waals surface area contributed by atoms with Crippen LogP contribution in [0.2, 0.25) is 0 Å². The molecule has 0 saturated heterocycles. The van der Waals surface area contributed by atoms with Gasteiger partial charge in [0.05, 0.1) is 23.6 Å². The van der Waals surface area contributed by atoms with E-state index in [1.807, 2.05) is 13.8 Å². The van der Waals surface area contributed by atoms with Gasteiger partial charge in [-0.05, 0) is 24.5 Å². The number of rotatable bonds is 6. The zero-order valence-corrected chi connectivity index (χ0v) is 12.4. The number of aliphatic carboxylic acids is 1. The van der Waals surface area contributed by atoms with Crippen LogP contribution < -0.4 is 5.32 Å². The Morgan fingerprint density at radius 2 is 2.14 bits per heavy atom. The number of pyridine rings is 1. The van der Waals surface area contributed by atoms with Crippen molar-refractivity contribution < 1.29 is 14.7 Å². The number of amides is 1. The van der Waals surface area contributed by atoms with Crippen LogP contribution >= 0.6 is 0 Å². The third kappa shape index (κ3) is 3.91. The quantitative estimate of drug-likeness (QED) is 0.842. The zero-order valence-electron chi connectivity index (χ0n) is 12.4. The summed E-state index contributed by atoms with van der Waals surface area (Å²) in [6, 6.07) is 2.66. The maximum atomic E-state index is 12.1. The average molecular weight is 302 g/mol. The fourth-order valence-electron chi connectivity index (χ4n) is 2.00. The van der Waals surface area contributed by atoms with Crippen LogP contribution in [0.25, 0.3) is 5.69 Å². The van der Waals surface area contributed by atoms with Crippen molar-refractivity contribution in [1.29, 1.82) is 0 Å². The number of carbonyl (C=O) groups excluding carboxylic acids is 1. The number of aromatic nitrogens is 3. The Morgan fingerprint density at radius 1 is 1.36 bits per heavy atom. The Kier molecular flexibility index (Phi) is 4.88. The van der Waals surface area contributed by atoms with E-state index in [9.17, 15) is 9.59 Å². The Hall–Kier alpha value is -2.70. The second kappa shape index (κ2) is 6.84. The van der Waals surface area contributed by atoms with E-state index in [4.69, 9.17) is 5.11 Å². The molecule has 1 amide bonds. The molecule has 2 aromatic rings. The lowest BCUT2D eigenvalue weighted by atomic mass is 10.0. The molecular formula is C15H18N4O3. The highest BCUT2D eigenvalue weighted by Crippen LogP contribution is 2.09. The number of carboxylic acids is 1. The number of carbonyl (C=O) groups is 2. The second-order valence-corrected chi connectivity index (χ2v) is 5.38. The van der Waals surface area contributed by atoms with Gasteiger partial charge in [0.25, 0.3) is 5.91 Å². The highest BCUT2D eigenvalue weighted by Gasteiger charge is 2.22. The molecule has 0 aliphatic heterocycles. The molecule has 0 radical (unpaired) electrons. The van der Waals surface area contributed by atoms with Crippen molar-refractivity contribution in [2.24, 2.45) is 5.92 Å². The van der Waals surface area contributed by atoms with Gasteiger partial charge in [0.15, 0.2) is 0 Å². The molecule has 22 heavy (non-hydrogen) atoms. The summed E-state index contributed by atoms with van der Waals surface area (Å²) in [6.45, 7) is 3.81. The van der Waals surface area contributed by atoms with Gasteiger partial charge >= 0.3 is 5.97 Å². The predicted molar refractivity (Wildman–Crippen MR) is 79.7 cm³/mol. The molecule has 0 bridgehead atoms. The molecule has 0 fully saturated rings. The number of hydrogen-bond acceptors (Lipinski definition) is 4. The third-order valence-corrected chi connectivity index (χ3v) is 3.07. The van der Waals surface area contributed by atoms with Crippen LogP contribution in [0.4, 0.5) is 0 Å². The second-order valence-electron chi connectivity index (χ2n) is 5.38. The number of nitrogens with one attached hydrogen (secondary N) is 1. The summed E-state index contributed by atoms with van der Waals surface area (Å²) in [5, 5.41) is 15.8. The first-order chi connectivity index (χ1) is 10.5. The highest BCUT2D eigenvalue weighted by atomic mass is 16.4. The Morgan fingerprint density at radius 3 is 2.73 bits per heavy atom. The van der Waals surface area contributed by atoms with Gasteiger partial charge in [0.1, 0.15) is 6.04 Å². The summed E-state index contributed by atoms with van der Waals surface area (Å²) in [4.78, 5) is 27.3. The van der Waals surface area contributed by atoms with Crippen LogP contribution in [-0.4, -0.2) is 37.8 Å². The van der Waals surface area contributed by atoms with E-state index in [0.29, 0.717) is 12.0 Å². The van der Waals surface area contributed by atoms with Gasteiger partial charge in [-0.25, -0.2) is 9.48 Å². The molecule has 0 aromatic carbocycles. The van der Waals surface area contributed by atoms with Gasteiger partial charge in [0.2, 0.25) is 0 Å². The van der Waals surface area contributed by atoms with E-state index < -0.39 is 17.9 Å². The van der Waals surface area contributed by atoms with Crippen LogP contribution in [-0.2, 0) is 4.79 Å². The lowest BCUT2D eigenvalue weighted by Crippen LogP contribution is -2.41. The summed E-state index contributed by atoms with van der Waals surface area (Å²) in [6.07, 6.45) is 6.58. The van der Waals surface area contributed by atoms with Gasteiger partial charge in [-0.1, -0.05) is 13.8 Å². The molecule has 0 aliphatic rings. The average Bonchev–Trinajstić information content (AvgIpc) is 2.96. The van der Waals surface area contributed by atoms with Crippen LogP contribution in [0.1, 0.15) is 30.6 Å². The minimum atomic E-state index is -1.04. The van der Waals surface area contributed by atoms with Crippen molar-refractivity contribution in [3.63, 3.8) is 0 Å². The van der Waals surface area contributed by atoms with Gasteiger partial charge in [-0.2, -0.15) is 5.10 Å². The minimum absolute atomic E-state index is 0.166. The van der Waals surface area contributed by atoms with Gasteiger partial charge < -0.3 is 10.4 Å². The topological polar surface area (TPSA) is 97.1 Å². The number of carboxylic acid groups (broad SMARTS) is 1. The molecule has 2 rings (SSSR count). The number of nitrogens with zero attached hydrogens (tertiary/aromatic N) is 3. The van der Waals surface area contributed by atoms with E-state index in [0.717, 1.165) is 5.69 Å². The van der Waals surface area contributed by atoms with Crippen LogP contribution in [0, 0.1) is 5.92 Å². The summed E-state index contributed by atoms with van der Waals surface area (Å²) in [7, 11) is 0. The molecule has 1 atom stereocenters. The molecule has 0 saturated carbocycles. The molecule has 0 aliphatic carbocycles. The Bertz CT molecular complexity index is 652. The molecule has 7 heteroatoms. The number of hydrogen-bond donors (Lipinski definition) is 2. The molecular weight excluding hydrogens is 284 g/mol. The lowest BCUT2D eigenvalue weighted by Gasteiger charge is -2.15. The molecule has 2 aromatic heterocycles. The largest absolute Gasteiger partial charge is 0.480 e. The monoisotopic (exact) mass is 302 g/mol. The lowest BCUT2D eigenvalue weighted by molar-refractivity contribution is -0.139. The molecule has 2 heterocycles. The van der Waals surface area contributed by atoms with Crippen LogP contribution in [0.15, 0.2) is 36.9 Å². The maximum absolute atomic E-state index is 12.1. The summed E-state index contributed by atoms with van der Waals surface area (Å²) in [5.41, 5.74) is 1.03. The first-order valence-electron chi connectivity index (χ1n) is 6.96. The van der Waals surface area contributed by atoms with Crippen molar-refractivity contribution in [3.05, 3.63) is 42.5 Å². The van der Waals surface area contributed by atoms with E-state index in [1.54, 1.807) is 30.7 Å². The molecule has 116 valence electrons. The van der Waals surface area contributed by atoms with E-state index in [2.05, 4.69) is 15.4 Å². The van der Waals surface area contributed by atoms with Crippen molar-refractivity contribution in [1.82, 2.24) is 20.1 Å². The Balaban J connectivity index is 2.10. The van der Waals surface area contributed by atoms with Gasteiger partial charge in [0, 0.05) is 12.4 Å². The normalized spacial score (nSPS) is 12.1. The van der Waals surface area contributed by atoms with Crippen molar-refractivity contribution in [3.8, 4) is 5.69 Å². The van der Waals surface area contributed by atoms with Crippen molar-refractivity contribution in [2.45, 2.75) is 26.3 Å². The van der Waals surface area contributed by atoms with Crippen molar-refractivity contribution >= 4 is 11.9 Å². The van der Waals surface area contributed by atoms with Gasteiger partial charge in [-0.15, -0.1) is 0 Å².